The first-order valence-corrected chi connectivity index (χ1v) is 14.1. The monoisotopic (exact) mass is 637 g/mol. The lowest BCUT2D eigenvalue weighted by atomic mass is 9.95. The second kappa shape index (κ2) is 11.2. The molecule has 0 atom stereocenters. The summed E-state index contributed by atoms with van der Waals surface area (Å²) in [6.45, 7) is 1.90. The first kappa shape index (κ1) is 27.2. The lowest BCUT2D eigenvalue weighted by Gasteiger charge is -2.18. The summed E-state index contributed by atoms with van der Waals surface area (Å²) in [5, 5.41) is 3.16. The highest BCUT2D eigenvalue weighted by atomic mass is 79.9. The van der Waals surface area contributed by atoms with Crippen LogP contribution < -0.4 is 45.2 Å². The van der Waals surface area contributed by atoms with E-state index in [1.165, 1.54) is 11.1 Å². The number of aryl methyl sites for hydroxylation is 2. The molecular weight excluding hydrogens is 610 g/mol. The van der Waals surface area contributed by atoms with Crippen molar-refractivity contribution < 1.29 is 49.7 Å². The standard InChI is InChI=1S/C35H28NO6.BrH/c1-37-31-11-8-23-16-29-27-19-34-33(40-21-41-34)17-24(27)12-13-36(29)20-28(23)35(31)39-15-14-38-26-9-6-22(7-10-26)32-18-25-4-2-3-5-30(25)42-32;/h2-11,16-20H,12-15,21H2,1H3;1H/q+1;/p-1. The molecule has 7 nitrogen and oxygen atoms in total. The summed E-state index contributed by atoms with van der Waals surface area (Å²) in [7, 11) is 1.67. The van der Waals surface area contributed by atoms with E-state index in [2.05, 4.69) is 41.1 Å². The molecule has 216 valence electrons. The maximum atomic E-state index is 6.30. The molecule has 2 aromatic heterocycles. The first-order valence-electron chi connectivity index (χ1n) is 14.1. The molecule has 6 aromatic rings. The Morgan fingerprint density at radius 3 is 2.47 bits per heavy atom. The first-order chi connectivity index (χ1) is 20.7. The summed E-state index contributed by atoms with van der Waals surface area (Å²) in [6.07, 6.45) is 3.08. The van der Waals surface area contributed by atoms with E-state index in [9.17, 15) is 0 Å². The van der Waals surface area contributed by atoms with Crippen molar-refractivity contribution >= 4 is 21.7 Å². The molecule has 8 heteroatoms. The molecule has 0 fully saturated rings. The zero-order chi connectivity index (χ0) is 28.0. The smallest absolute Gasteiger partial charge is 0.231 e. The quantitative estimate of drug-likeness (QED) is 0.195. The Morgan fingerprint density at radius 1 is 0.814 bits per heavy atom. The molecule has 0 bridgehead atoms. The summed E-state index contributed by atoms with van der Waals surface area (Å²) in [4.78, 5) is 0. The predicted octanol–water partition coefficient (Wildman–Crippen LogP) is 3.96. The highest BCUT2D eigenvalue weighted by Crippen LogP contribution is 2.41. The molecule has 0 aliphatic carbocycles. The van der Waals surface area contributed by atoms with Gasteiger partial charge in [-0.25, -0.2) is 0 Å². The number of pyridine rings is 1. The summed E-state index contributed by atoms with van der Waals surface area (Å²) < 4.78 is 37.5. The molecule has 0 saturated carbocycles. The van der Waals surface area contributed by atoms with E-state index in [4.69, 9.17) is 28.1 Å². The third-order valence-corrected chi connectivity index (χ3v) is 7.96. The maximum Gasteiger partial charge on any atom is 0.231 e. The third kappa shape index (κ3) is 4.91. The van der Waals surface area contributed by atoms with E-state index >= 15 is 0 Å². The lowest BCUT2D eigenvalue weighted by molar-refractivity contribution is -0.686. The van der Waals surface area contributed by atoms with Gasteiger partial charge in [-0.05, 0) is 71.6 Å². The topological polar surface area (TPSA) is 63.2 Å². The second-order valence-corrected chi connectivity index (χ2v) is 10.4. The lowest BCUT2D eigenvalue weighted by Crippen LogP contribution is -3.00. The molecule has 0 spiro atoms. The van der Waals surface area contributed by atoms with Gasteiger partial charge in [0.1, 0.15) is 30.3 Å². The van der Waals surface area contributed by atoms with Crippen molar-refractivity contribution in [2.75, 3.05) is 27.1 Å². The van der Waals surface area contributed by atoms with Crippen LogP contribution in [-0.2, 0) is 13.0 Å². The fourth-order valence-corrected chi connectivity index (χ4v) is 5.85. The number of aromatic nitrogens is 1. The minimum absolute atomic E-state index is 0. The Morgan fingerprint density at radius 2 is 1.63 bits per heavy atom. The minimum Gasteiger partial charge on any atom is -1.00 e. The SMILES string of the molecule is COc1ccc2cc3[n+](cc2c1OCCOc1ccc(-c2cc4ccccc4o2)cc1)CCc1cc2c(cc1-3)OCO2.[Br-]. The van der Waals surface area contributed by atoms with Crippen LogP contribution in [-0.4, -0.2) is 27.1 Å². The van der Waals surface area contributed by atoms with Gasteiger partial charge >= 0.3 is 0 Å². The number of benzene rings is 4. The van der Waals surface area contributed by atoms with E-state index in [1.807, 2.05) is 54.6 Å². The third-order valence-electron chi connectivity index (χ3n) is 7.96. The van der Waals surface area contributed by atoms with Gasteiger partial charge < -0.3 is 45.1 Å². The fourth-order valence-electron chi connectivity index (χ4n) is 5.85. The molecule has 0 unspecified atom stereocenters. The van der Waals surface area contributed by atoms with Crippen molar-refractivity contribution in [1.29, 1.82) is 0 Å². The predicted molar refractivity (Wildman–Crippen MR) is 159 cm³/mol. The van der Waals surface area contributed by atoms with Crippen molar-refractivity contribution in [3.05, 3.63) is 96.7 Å². The molecule has 8 rings (SSSR count). The Labute approximate surface area is 258 Å². The summed E-state index contributed by atoms with van der Waals surface area (Å²) >= 11 is 0. The Hall–Kier alpha value is -4.69. The molecule has 2 aliphatic rings. The van der Waals surface area contributed by atoms with Crippen LogP contribution >= 0.6 is 0 Å². The zero-order valence-electron chi connectivity index (χ0n) is 23.5. The minimum atomic E-state index is 0. The molecule has 0 radical (unpaired) electrons. The van der Waals surface area contributed by atoms with E-state index < -0.39 is 0 Å². The van der Waals surface area contributed by atoms with Crippen molar-refractivity contribution in [3.63, 3.8) is 0 Å². The Kier molecular flexibility index (Phi) is 7.07. The summed E-state index contributed by atoms with van der Waals surface area (Å²) in [5.41, 5.74) is 5.47. The highest BCUT2D eigenvalue weighted by Gasteiger charge is 2.28. The van der Waals surface area contributed by atoms with Crippen molar-refractivity contribution in [2.45, 2.75) is 13.0 Å². The van der Waals surface area contributed by atoms with E-state index in [0.29, 0.717) is 24.7 Å². The number of ether oxygens (including phenoxy) is 5. The number of para-hydroxylation sites is 1. The van der Waals surface area contributed by atoms with Crippen molar-refractivity contribution in [1.82, 2.24) is 0 Å². The van der Waals surface area contributed by atoms with Gasteiger partial charge in [-0.15, -0.1) is 0 Å². The van der Waals surface area contributed by atoms with Crippen LogP contribution in [0.4, 0.5) is 0 Å². The molecule has 2 aliphatic heterocycles. The normalized spacial score (nSPS) is 12.9. The average Bonchev–Trinajstić information content (AvgIpc) is 3.68. The number of halogens is 1. The molecule has 4 heterocycles. The maximum absolute atomic E-state index is 6.30. The number of hydrogen-bond acceptors (Lipinski definition) is 6. The number of nitrogens with zero attached hydrogens (tertiary/aromatic N) is 1. The Balaban J connectivity index is 0.00000300. The van der Waals surface area contributed by atoms with Crippen LogP contribution in [0.3, 0.4) is 0 Å². The van der Waals surface area contributed by atoms with Crippen molar-refractivity contribution in [2.24, 2.45) is 0 Å². The van der Waals surface area contributed by atoms with Gasteiger partial charge in [0.25, 0.3) is 0 Å². The molecule has 0 amide bonds. The van der Waals surface area contributed by atoms with Crippen LogP contribution in [0.1, 0.15) is 5.56 Å². The van der Waals surface area contributed by atoms with Crippen LogP contribution in [0.15, 0.2) is 95.5 Å². The van der Waals surface area contributed by atoms with E-state index in [-0.39, 0.29) is 23.8 Å². The summed E-state index contributed by atoms with van der Waals surface area (Å²) in [6, 6.07) is 28.4. The second-order valence-electron chi connectivity index (χ2n) is 10.4. The van der Waals surface area contributed by atoms with Gasteiger partial charge in [-0.1, -0.05) is 18.2 Å². The molecule has 4 aromatic carbocycles. The van der Waals surface area contributed by atoms with Crippen LogP contribution in [0.25, 0.3) is 44.3 Å². The van der Waals surface area contributed by atoms with Crippen molar-refractivity contribution in [3.8, 4) is 51.3 Å². The number of methoxy groups -OCH3 is 1. The average molecular weight is 639 g/mol. The van der Waals surface area contributed by atoms with Gasteiger partial charge in [-0.3, -0.25) is 0 Å². The van der Waals surface area contributed by atoms with E-state index in [0.717, 1.165) is 69.0 Å². The summed E-state index contributed by atoms with van der Waals surface area (Å²) in [5.74, 6) is 4.64. The Bertz CT molecular complexity index is 1930. The fraction of sp³-hybridized carbons (Fsp3) is 0.171. The zero-order valence-corrected chi connectivity index (χ0v) is 25.1. The largest absolute Gasteiger partial charge is 1.00 e. The number of fused-ring (bicyclic) bond motifs is 6. The van der Waals surface area contributed by atoms with Crippen LogP contribution in [0, 0.1) is 0 Å². The van der Waals surface area contributed by atoms with Crippen LogP contribution in [0.2, 0.25) is 0 Å². The molecule has 0 saturated heterocycles. The van der Waals surface area contributed by atoms with Crippen LogP contribution in [0.5, 0.6) is 28.7 Å². The number of hydrogen-bond donors (Lipinski definition) is 0. The molecule has 43 heavy (non-hydrogen) atoms. The van der Waals surface area contributed by atoms with Gasteiger partial charge in [0.15, 0.2) is 35.7 Å². The number of rotatable bonds is 7. The van der Waals surface area contributed by atoms with E-state index in [1.54, 1.807) is 7.11 Å². The van der Waals surface area contributed by atoms with Gasteiger partial charge in [0.2, 0.25) is 12.5 Å². The highest BCUT2D eigenvalue weighted by molar-refractivity contribution is 5.92. The molecule has 0 N–H and O–H groups in total. The van der Waals surface area contributed by atoms with Gasteiger partial charge in [-0.2, -0.15) is 4.57 Å². The molecular formula is C35H28BrNO6. The van der Waals surface area contributed by atoms with Gasteiger partial charge in [0.05, 0.1) is 18.1 Å². The van der Waals surface area contributed by atoms with Gasteiger partial charge in [0, 0.05) is 23.4 Å². The number of furan rings is 1.